The highest BCUT2D eigenvalue weighted by molar-refractivity contribution is 7.71. The average molecular weight is 309 g/mol. The van der Waals surface area contributed by atoms with Crippen LogP contribution in [0, 0.1) is 4.77 Å². The lowest BCUT2D eigenvalue weighted by molar-refractivity contribution is 0.0970. The normalized spacial score (nSPS) is 19.1. The van der Waals surface area contributed by atoms with Crippen LogP contribution in [-0.2, 0) is 11.3 Å². The first kappa shape index (κ1) is 14.0. The molecule has 2 aromatic heterocycles. The van der Waals surface area contributed by atoms with E-state index in [0.717, 1.165) is 37.4 Å². The van der Waals surface area contributed by atoms with E-state index in [4.69, 9.17) is 17.0 Å². The van der Waals surface area contributed by atoms with Crippen LogP contribution >= 0.6 is 23.6 Å². The van der Waals surface area contributed by atoms with Gasteiger partial charge in [0.2, 0.25) is 0 Å². The van der Waals surface area contributed by atoms with Crippen LogP contribution in [0.2, 0.25) is 0 Å². The van der Waals surface area contributed by atoms with Gasteiger partial charge in [0, 0.05) is 22.4 Å². The monoisotopic (exact) mass is 309 g/mol. The van der Waals surface area contributed by atoms with Crippen molar-refractivity contribution in [2.75, 3.05) is 6.61 Å². The molecule has 1 unspecified atom stereocenters. The molecular formula is C14H19N3OS2. The molecular weight excluding hydrogens is 290 g/mol. The maximum atomic E-state index is 5.71. The third-order valence-electron chi connectivity index (χ3n) is 3.62. The number of nitrogens with zero attached hydrogens (tertiary/aromatic N) is 2. The number of ether oxygens (including phenoxy) is 1. The van der Waals surface area contributed by atoms with Gasteiger partial charge in [-0.3, -0.25) is 9.67 Å². The zero-order chi connectivity index (χ0) is 14.1. The van der Waals surface area contributed by atoms with Crippen molar-refractivity contribution in [1.82, 2.24) is 14.8 Å². The minimum absolute atomic E-state index is 0.265. The number of hydrogen-bond donors (Lipinski definition) is 1. The van der Waals surface area contributed by atoms with Gasteiger partial charge in [0.25, 0.3) is 0 Å². The summed E-state index contributed by atoms with van der Waals surface area (Å²) in [6.07, 6.45) is 2.51. The quantitative estimate of drug-likeness (QED) is 0.869. The minimum Gasteiger partial charge on any atom is -0.376 e. The van der Waals surface area contributed by atoms with E-state index >= 15 is 0 Å². The van der Waals surface area contributed by atoms with Gasteiger partial charge in [-0.15, -0.1) is 11.3 Å². The number of rotatable bonds is 4. The largest absolute Gasteiger partial charge is 0.376 e. The molecule has 3 heterocycles. The van der Waals surface area contributed by atoms with Crippen molar-refractivity contribution in [2.45, 2.75) is 45.3 Å². The van der Waals surface area contributed by atoms with Crippen LogP contribution in [0.25, 0.3) is 11.4 Å². The van der Waals surface area contributed by atoms with Crippen LogP contribution in [0.5, 0.6) is 0 Å². The van der Waals surface area contributed by atoms with Gasteiger partial charge in [-0.25, -0.2) is 0 Å². The van der Waals surface area contributed by atoms with Crippen molar-refractivity contribution < 1.29 is 4.74 Å². The minimum atomic E-state index is 0.265. The highest BCUT2D eigenvalue weighted by Crippen LogP contribution is 2.29. The number of nitrogens with one attached hydrogen (secondary N) is 1. The molecule has 1 saturated heterocycles. The van der Waals surface area contributed by atoms with Crippen LogP contribution in [0.3, 0.4) is 0 Å². The van der Waals surface area contributed by atoms with Gasteiger partial charge in [-0.1, -0.05) is 13.8 Å². The van der Waals surface area contributed by atoms with Gasteiger partial charge in [0.15, 0.2) is 10.6 Å². The second-order valence-corrected chi connectivity index (χ2v) is 6.82. The third kappa shape index (κ3) is 2.73. The number of hydrogen-bond acceptors (Lipinski definition) is 4. The number of H-pyrrole nitrogens is 1. The predicted octanol–water partition coefficient (Wildman–Crippen LogP) is 3.97. The van der Waals surface area contributed by atoms with Crippen LogP contribution < -0.4 is 0 Å². The van der Waals surface area contributed by atoms with Gasteiger partial charge >= 0.3 is 0 Å². The van der Waals surface area contributed by atoms with Crippen molar-refractivity contribution in [3.05, 3.63) is 21.1 Å². The van der Waals surface area contributed by atoms with Gasteiger partial charge in [0.05, 0.1) is 12.6 Å². The van der Waals surface area contributed by atoms with Crippen molar-refractivity contribution >= 4 is 23.6 Å². The highest BCUT2D eigenvalue weighted by Gasteiger charge is 2.19. The van der Waals surface area contributed by atoms with E-state index in [-0.39, 0.29) is 6.10 Å². The Kier molecular flexibility index (Phi) is 4.05. The second kappa shape index (κ2) is 5.79. The zero-order valence-corrected chi connectivity index (χ0v) is 13.4. The summed E-state index contributed by atoms with van der Waals surface area (Å²) in [6, 6.07) is 2.21. The molecule has 0 bridgehead atoms. The Bertz CT molecular complexity index is 635. The summed E-state index contributed by atoms with van der Waals surface area (Å²) < 4.78 is 8.45. The predicted molar refractivity (Wildman–Crippen MR) is 83.8 cm³/mol. The summed E-state index contributed by atoms with van der Waals surface area (Å²) >= 11 is 7.14. The highest BCUT2D eigenvalue weighted by atomic mass is 32.1. The molecule has 0 spiro atoms. The van der Waals surface area contributed by atoms with Gasteiger partial charge in [0.1, 0.15) is 0 Å². The third-order valence-corrected chi connectivity index (χ3v) is 5.16. The lowest BCUT2D eigenvalue weighted by Crippen LogP contribution is -2.15. The lowest BCUT2D eigenvalue weighted by Gasteiger charge is -2.11. The molecule has 0 aromatic carbocycles. The van der Waals surface area contributed by atoms with Crippen molar-refractivity contribution in [3.63, 3.8) is 0 Å². The maximum absolute atomic E-state index is 5.71. The molecule has 0 amide bonds. The van der Waals surface area contributed by atoms with Crippen molar-refractivity contribution in [2.24, 2.45) is 0 Å². The summed E-state index contributed by atoms with van der Waals surface area (Å²) in [5.74, 6) is 1.47. The fourth-order valence-corrected chi connectivity index (χ4v) is 3.58. The number of aromatic amines is 1. The topological polar surface area (TPSA) is 42.8 Å². The van der Waals surface area contributed by atoms with Crippen molar-refractivity contribution in [1.29, 1.82) is 0 Å². The fraction of sp³-hybridized carbons (Fsp3) is 0.571. The molecule has 1 atom stereocenters. The number of thiophene rings is 1. The Labute approximate surface area is 127 Å². The second-order valence-electron chi connectivity index (χ2n) is 5.49. The molecule has 0 saturated carbocycles. The van der Waals surface area contributed by atoms with Crippen LogP contribution in [0.4, 0.5) is 0 Å². The SMILES string of the molecule is CC(C)c1cc(-c2n[nH]c(=S)n2CC2CCCO2)cs1. The van der Waals surface area contributed by atoms with E-state index in [9.17, 15) is 0 Å². The molecule has 108 valence electrons. The number of aromatic nitrogens is 3. The lowest BCUT2D eigenvalue weighted by atomic mass is 10.1. The standard InChI is InChI=1S/C14H19N3OS2/c1-9(2)12-6-10(8-20-12)13-15-16-14(19)17(13)7-11-4-3-5-18-11/h6,8-9,11H,3-5,7H2,1-2H3,(H,16,19). The molecule has 4 nitrogen and oxygen atoms in total. The van der Waals surface area contributed by atoms with E-state index < -0.39 is 0 Å². The summed E-state index contributed by atoms with van der Waals surface area (Å²) in [5, 5.41) is 9.47. The van der Waals surface area contributed by atoms with E-state index in [1.54, 1.807) is 11.3 Å². The maximum Gasteiger partial charge on any atom is 0.195 e. The summed E-state index contributed by atoms with van der Waals surface area (Å²) in [6.45, 7) is 6.07. The van der Waals surface area contributed by atoms with Crippen molar-refractivity contribution in [3.8, 4) is 11.4 Å². The van der Waals surface area contributed by atoms with Crippen LogP contribution in [0.15, 0.2) is 11.4 Å². The Morgan fingerprint density at radius 1 is 1.60 bits per heavy atom. The summed E-state index contributed by atoms with van der Waals surface area (Å²) in [7, 11) is 0. The van der Waals surface area contributed by atoms with E-state index in [1.807, 2.05) is 0 Å². The van der Waals surface area contributed by atoms with Gasteiger partial charge < -0.3 is 4.74 Å². The van der Waals surface area contributed by atoms with E-state index in [1.165, 1.54) is 4.88 Å². The first-order valence-electron chi connectivity index (χ1n) is 7.00. The Morgan fingerprint density at radius 3 is 3.10 bits per heavy atom. The molecule has 0 aliphatic carbocycles. The molecule has 6 heteroatoms. The van der Waals surface area contributed by atoms with E-state index in [2.05, 4.69) is 40.1 Å². The molecule has 1 fully saturated rings. The average Bonchev–Trinajstić information content (AvgIpc) is 3.12. The molecule has 0 radical (unpaired) electrons. The summed E-state index contributed by atoms with van der Waals surface area (Å²) in [4.78, 5) is 1.37. The molecule has 1 aliphatic rings. The smallest absolute Gasteiger partial charge is 0.195 e. The fourth-order valence-electron chi connectivity index (χ4n) is 2.47. The molecule has 1 N–H and O–H groups in total. The Hall–Kier alpha value is -0.980. The van der Waals surface area contributed by atoms with Crippen LogP contribution in [0.1, 0.15) is 37.5 Å². The molecule has 2 aromatic rings. The Morgan fingerprint density at radius 2 is 2.45 bits per heavy atom. The zero-order valence-electron chi connectivity index (χ0n) is 11.8. The first-order chi connectivity index (χ1) is 9.65. The molecule has 3 rings (SSSR count). The first-order valence-corrected chi connectivity index (χ1v) is 8.29. The Balaban J connectivity index is 1.90. The van der Waals surface area contributed by atoms with Gasteiger partial charge in [-0.2, -0.15) is 5.10 Å². The molecule has 1 aliphatic heterocycles. The van der Waals surface area contributed by atoms with Crippen LogP contribution in [-0.4, -0.2) is 27.5 Å². The van der Waals surface area contributed by atoms with Gasteiger partial charge in [-0.05, 0) is 37.0 Å². The molecule has 20 heavy (non-hydrogen) atoms. The summed E-state index contributed by atoms with van der Waals surface area (Å²) in [5.41, 5.74) is 1.14. The van der Waals surface area contributed by atoms with E-state index in [0.29, 0.717) is 10.7 Å².